The van der Waals surface area contributed by atoms with Crippen LogP contribution < -0.4 is 9.47 Å². The first-order chi connectivity index (χ1) is 10.3. The Hall–Kier alpha value is -2.55. The van der Waals surface area contributed by atoms with Gasteiger partial charge in [0.15, 0.2) is 11.5 Å². The lowest BCUT2D eigenvalue weighted by atomic mass is 10.1. The summed E-state index contributed by atoms with van der Waals surface area (Å²) in [7, 11) is 1.65. The van der Waals surface area contributed by atoms with Crippen LogP contribution in [0.3, 0.4) is 0 Å². The molecule has 3 aromatic rings. The molecule has 0 spiro atoms. The average Bonchev–Trinajstić information content (AvgIpc) is 2.53. The Morgan fingerprint density at radius 3 is 2.71 bits per heavy atom. The molecule has 0 aliphatic rings. The number of aryl methyl sites for hydroxylation is 1. The van der Waals surface area contributed by atoms with Gasteiger partial charge >= 0.3 is 0 Å². The molecule has 0 atom stereocenters. The van der Waals surface area contributed by atoms with Crippen molar-refractivity contribution in [2.75, 3.05) is 7.11 Å². The molecule has 21 heavy (non-hydrogen) atoms. The number of ether oxygens (including phenoxy) is 2. The summed E-state index contributed by atoms with van der Waals surface area (Å²) in [5.41, 5.74) is 3.19. The number of methoxy groups -OCH3 is 1. The molecule has 1 heterocycles. The zero-order valence-electron chi connectivity index (χ0n) is 12.2. The number of rotatable bonds is 4. The second kappa shape index (κ2) is 5.83. The predicted octanol–water partition coefficient (Wildman–Crippen LogP) is 4.13. The van der Waals surface area contributed by atoms with Crippen molar-refractivity contribution in [1.29, 1.82) is 0 Å². The van der Waals surface area contributed by atoms with Gasteiger partial charge in [-0.2, -0.15) is 0 Å². The van der Waals surface area contributed by atoms with Crippen LogP contribution in [-0.2, 0) is 6.61 Å². The summed E-state index contributed by atoms with van der Waals surface area (Å²) in [6.07, 6.45) is 1.80. The first kappa shape index (κ1) is 13.4. The van der Waals surface area contributed by atoms with Gasteiger partial charge in [-0.3, -0.25) is 4.98 Å². The minimum absolute atomic E-state index is 0.466. The van der Waals surface area contributed by atoms with Gasteiger partial charge in [-0.25, -0.2) is 0 Å². The lowest BCUT2D eigenvalue weighted by Crippen LogP contribution is -1.99. The molecule has 0 saturated heterocycles. The molecule has 0 radical (unpaired) electrons. The van der Waals surface area contributed by atoms with Gasteiger partial charge in [-0.05, 0) is 30.7 Å². The standard InChI is InChI=1S/C18H17NO2/c1-13-8-9-16(17(11-13)20-2)21-12-15-6-3-5-14-7-4-10-19-18(14)15/h3-11H,12H2,1-2H3. The van der Waals surface area contributed by atoms with E-state index >= 15 is 0 Å². The second-order valence-corrected chi connectivity index (χ2v) is 4.94. The van der Waals surface area contributed by atoms with Crippen molar-refractivity contribution in [2.45, 2.75) is 13.5 Å². The van der Waals surface area contributed by atoms with Crippen molar-refractivity contribution in [1.82, 2.24) is 4.98 Å². The third-order valence-electron chi connectivity index (χ3n) is 3.42. The Morgan fingerprint density at radius 2 is 1.86 bits per heavy atom. The van der Waals surface area contributed by atoms with Gasteiger partial charge in [0.25, 0.3) is 0 Å². The van der Waals surface area contributed by atoms with Crippen LogP contribution in [0.15, 0.2) is 54.7 Å². The fourth-order valence-electron chi connectivity index (χ4n) is 2.33. The van der Waals surface area contributed by atoms with Gasteiger partial charge in [0.1, 0.15) is 6.61 Å². The maximum absolute atomic E-state index is 5.91. The topological polar surface area (TPSA) is 31.4 Å². The van der Waals surface area contributed by atoms with E-state index in [1.807, 2.05) is 43.3 Å². The molecule has 0 amide bonds. The summed E-state index contributed by atoms with van der Waals surface area (Å²) < 4.78 is 11.3. The van der Waals surface area contributed by atoms with Gasteiger partial charge in [0.05, 0.1) is 12.6 Å². The minimum atomic E-state index is 0.466. The smallest absolute Gasteiger partial charge is 0.161 e. The number of hydrogen-bond acceptors (Lipinski definition) is 3. The van der Waals surface area contributed by atoms with E-state index < -0.39 is 0 Å². The maximum Gasteiger partial charge on any atom is 0.161 e. The predicted molar refractivity (Wildman–Crippen MR) is 83.8 cm³/mol. The maximum atomic E-state index is 5.91. The lowest BCUT2D eigenvalue weighted by Gasteiger charge is -2.12. The molecule has 0 aliphatic carbocycles. The van der Waals surface area contributed by atoms with Crippen LogP contribution in [0.1, 0.15) is 11.1 Å². The largest absolute Gasteiger partial charge is 0.493 e. The molecule has 106 valence electrons. The summed E-state index contributed by atoms with van der Waals surface area (Å²) in [6, 6.07) is 16.0. The Balaban J connectivity index is 1.87. The Bertz CT molecular complexity index is 763. The SMILES string of the molecule is COc1cc(C)ccc1OCc1cccc2cccnc12. The highest BCUT2D eigenvalue weighted by molar-refractivity contribution is 5.81. The lowest BCUT2D eigenvalue weighted by molar-refractivity contribution is 0.285. The number of benzene rings is 2. The van der Waals surface area contributed by atoms with Crippen LogP contribution in [0.25, 0.3) is 10.9 Å². The van der Waals surface area contributed by atoms with E-state index in [-0.39, 0.29) is 0 Å². The molecule has 0 unspecified atom stereocenters. The van der Waals surface area contributed by atoms with E-state index in [4.69, 9.17) is 9.47 Å². The first-order valence-electron chi connectivity index (χ1n) is 6.88. The number of pyridine rings is 1. The fraction of sp³-hybridized carbons (Fsp3) is 0.167. The van der Waals surface area contributed by atoms with Gasteiger partial charge in [-0.15, -0.1) is 0 Å². The average molecular weight is 279 g/mol. The number of nitrogens with zero attached hydrogens (tertiary/aromatic N) is 1. The summed E-state index contributed by atoms with van der Waals surface area (Å²) in [5.74, 6) is 1.50. The summed E-state index contributed by atoms with van der Waals surface area (Å²) in [6.45, 7) is 2.49. The van der Waals surface area contributed by atoms with E-state index in [0.29, 0.717) is 6.61 Å². The molecule has 2 aromatic carbocycles. The first-order valence-corrected chi connectivity index (χ1v) is 6.88. The molecule has 3 nitrogen and oxygen atoms in total. The summed E-state index contributed by atoms with van der Waals surface area (Å²) in [4.78, 5) is 4.44. The quantitative estimate of drug-likeness (QED) is 0.719. The molecule has 0 N–H and O–H groups in total. The third-order valence-corrected chi connectivity index (χ3v) is 3.42. The number of hydrogen-bond donors (Lipinski definition) is 0. The van der Waals surface area contributed by atoms with Crippen LogP contribution in [-0.4, -0.2) is 12.1 Å². The molecular formula is C18H17NO2. The molecule has 3 rings (SSSR count). The molecule has 3 heteroatoms. The highest BCUT2D eigenvalue weighted by Gasteiger charge is 2.07. The van der Waals surface area contributed by atoms with E-state index in [0.717, 1.165) is 33.5 Å². The Morgan fingerprint density at radius 1 is 1.00 bits per heavy atom. The summed E-state index contributed by atoms with van der Waals surface area (Å²) >= 11 is 0. The number of para-hydroxylation sites is 1. The zero-order chi connectivity index (χ0) is 14.7. The van der Waals surface area contributed by atoms with E-state index in [1.165, 1.54) is 0 Å². The monoisotopic (exact) mass is 279 g/mol. The van der Waals surface area contributed by atoms with Crippen molar-refractivity contribution in [3.63, 3.8) is 0 Å². The number of aromatic nitrogens is 1. The van der Waals surface area contributed by atoms with Crippen LogP contribution in [0.5, 0.6) is 11.5 Å². The second-order valence-electron chi connectivity index (χ2n) is 4.94. The Labute approximate surface area is 124 Å². The number of fused-ring (bicyclic) bond motifs is 1. The molecular weight excluding hydrogens is 262 g/mol. The van der Waals surface area contributed by atoms with E-state index in [9.17, 15) is 0 Å². The Kier molecular flexibility index (Phi) is 3.73. The molecule has 0 saturated carbocycles. The van der Waals surface area contributed by atoms with Crippen LogP contribution in [0.4, 0.5) is 0 Å². The third kappa shape index (κ3) is 2.82. The summed E-state index contributed by atoms with van der Waals surface area (Å²) in [5, 5.41) is 1.12. The van der Waals surface area contributed by atoms with Gasteiger partial charge in [-0.1, -0.05) is 30.3 Å². The van der Waals surface area contributed by atoms with Gasteiger partial charge < -0.3 is 9.47 Å². The molecule has 0 bridgehead atoms. The molecule has 0 aliphatic heterocycles. The van der Waals surface area contributed by atoms with Gasteiger partial charge in [0.2, 0.25) is 0 Å². The van der Waals surface area contributed by atoms with Crippen LogP contribution in [0.2, 0.25) is 0 Å². The minimum Gasteiger partial charge on any atom is -0.493 e. The van der Waals surface area contributed by atoms with Crippen molar-refractivity contribution in [2.24, 2.45) is 0 Å². The van der Waals surface area contributed by atoms with Crippen molar-refractivity contribution in [3.05, 3.63) is 65.9 Å². The van der Waals surface area contributed by atoms with Gasteiger partial charge in [0, 0.05) is 17.1 Å². The van der Waals surface area contributed by atoms with Crippen LogP contribution in [0, 0.1) is 6.92 Å². The normalized spacial score (nSPS) is 10.6. The van der Waals surface area contributed by atoms with Crippen molar-refractivity contribution < 1.29 is 9.47 Å². The molecule has 1 aromatic heterocycles. The molecule has 0 fully saturated rings. The van der Waals surface area contributed by atoms with Crippen LogP contribution >= 0.6 is 0 Å². The highest BCUT2D eigenvalue weighted by Crippen LogP contribution is 2.29. The van der Waals surface area contributed by atoms with Crippen molar-refractivity contribution in [3.8, 4) is 11.5 Å². The van der Waals surface area contributed by atoms with E-state index in [1.54, 1.807) is 13.3 Å². The fourth-order valence-corrected chi connectivity index (χ4v) is 2.33. The zero-order valence-corrected chi connectivity index (χ0v) is 12.2. The van der Waals surface area contributed by atoms with E-state index in [2.05, 4.69) is 17.1 Å². The van der Waals surface area contributed by atoms with Crippen molar-refractivity contribution >= 4 is 10.9 Å². The highest BCUT2D eigenvalue weighted by atomic mass is 16.5.